The Bertz CT molecular complexity index is 1620. The number of oxazole rings is 1. The maximum atomic E-state index is 11.1. The van der Waals surface area contributed by atoms with Crippen molar-refractivity contribution in [3.8, 4) is 40.5 Å². The molecule has 2 heterocycles. The van der Waals surface area contributed by atoms with Crippen molar-refractivity contribution in [2.24, 2.45) is 0 Å². The molecular weight excluding hydrogens is 534 g/mol. The number of carboxylic acids is 1. The van der Waals surface area contributed by atoms with Gasteiger partial charge in [-0.2, -0.15) is 10.5 Å². The van der Waals surface area contributed by atoms with Crippen LogP contribution >= 0.6 is 11.8 Å². The van der Waals surface area contributed by atoms with Crippen LogP contribution in [-0.2, 0) is 5.75 Å². The van der Waals surface area contributed by atoms with Crippen molar-refractivity contribution in [2.45, 2.75) is 23.8 Å². The van der Waals surface area contributed by atoms with Gasteiger partial charge >= 0.3 is 5.97 Å². The number of aryl methyl sites for hydroxylation is 1. The molecule has 2 aromatic heterocycles. The number of anilines is 1. The van der Waals surface area contributed by atoms with Crippen LogP contribution in [0, 0.1) is 29.6 Å². The highest BCUT2D eigenvalue weighted by atomic mass is 32.2. The minimum Gasteiger partial charge on any atom is -0.491 e. The molecule has 2 aromatic carbocycles. The number of aliphatic hydroxyl groups excluding tert-OH is 2. The molecule has 0 amide bonds. The SMILES string of the molecule is Cc1oc(-c2ccc(C(=O)O)cc2)nc1CSc1nc(N)c(C#N)c(-c2ccc(OC[C@H](O)CO)cc2)c1C#N. The number of benzene rings is 2. The second-order valence-corrected chi connectivity index (χ2v) is 9.48. The number of pyridine rings is 1. The molecule has 4 aromatic rings. The largest absolute Gasteiger partial charge is 0.491 e. The van der Waals surface area contributed by atoms with Crippen LogP contribution < -0.4 is 10.5 Å². The lowest BCUT2D eigenvalue weighted by atomic mass is 9.97. The third-order valence-corrected chi connectivity index (χ3v) is 6.82. The summed E-state index contributed by atoms with van der Waals surface area (Å²) in [5, 5.41) is 47.7. The second kappa shape index (κ2) is 12.3. The number of aliphatic hydroxyl groups is 2. The van der Waals surface area contributed by atoms with Gasteiger partial charge < -0.3 is 30.2 Å². The molecule has 0 radical (unpaired) electrons. The summed E-state index contributed by atoms with van der Waals surface area (Å²) in [4.78, 5) is 20.0. The van der Waals surface area contributed by atoms with Gasteiger partial charge in [-0.05, 0) is 48.9 Å². The van der Waals surface area contributed by atoms with E-state index < -0.39 is 18.7 Å². The molecule has 0 aliphatic heterocycles. The molecular formula is C28H23N5O6S. The Hall–Kier alpha value is -4.88. The molecule has 5 N–H and O–H groups in total. The van der Waals surface area contributed by atoms with E-state index in [1.807, 2.05) is 6.07 Å². The van der Waals surface area contributed by atoms with Crippen LogP contribution in [0.25, 0.3) is 22.6 Å². The highest BCUT2D eigenvalue weighted by Crippen LogP contribution is 2.37. The summed E-state index contributed by atoms with van der Waals surface area (Å²) >= 11 is 1.21. The first kappa shape index (κ1) is 28.1. The Morgan fingerprint density at radius 1 is 1.07 bits per heavy atom. The highest BCUT2D eigenvalue weighted by molar-refractivity contribution is 7.98. The van der Waals surface area contributed by atoms with Gasteiger partial charge in [0.1, 0.15) is 52.8 Å². The Labute approximate surface area is 233 Å². The third-order valence-electron chi connectivity index (χ3n) is 5.83. The average Bonchev–Trinajstić information content (AvgIpc) is 3.34. The molecule has 0 saturated heterocycles. The zero-order chi connectivity index (χ0) is 28.8. The molecule has 1 atom stereocenters. The first-order valence-corrected chi connectivity index (χ1v) is 12.8. The lowest BCUT2D eigenvalue weighted by molar-refractivity contribution is 0.0536. The summed E-state index contributed by atoms with van der Waals surface area (Å²) in [5.74, 6) is 0.534. The van der Waals surface area contributed by atoms with Gasteiger partial charge in [0, 0.05) is 16.9 Å². The van der Waals surface area contributed by atoms with E-state index >= 15 is 0 Å². The molecule has 40 heavy (non-hydrogen) atoms. The smallest absolute Gasteiger partial charge is 0.335 e. The van der Waals surface area contributed by atoms with Crippen molar-refractivity contribution in [2.75, 3.05) is 18.9 Å². The summed E-state index contributed by atoms with van der Waals surface area (Å²) in [7, 11) is 0. The zero-order valence-corrected chi connectivity index (χ0v) is 22.0. The number of ether oxygens (including phenoxy) is 1. The van der Waals surface area contributed by atoms with E-state index in [0.29, 0.717) is 44.8 Å². The van der Waals surface area contributed by atoms with Crippen molar-refractivity contribution in [3.63, 3.8) is 0 Å². The van der Waals surface area contributed by atoms with E-state index in [9.17, 15) is 20.4 Å². The molecule has 4 rings (SSSR count). The Kier molecular flexibility index (Phi) is 8.67. The summed E-state index contributed by atoms with van der Waals surface area (Å²) < 4.78 is 11.2. The van der Waals surface area contributed by atoms with Crippen LogP contribution in [-0.4, -0.2) is 50.6 Å². The minimum absolute atomic E-state index is 0.0264. The van der Waals surface area contributed by atoms with Gasteiger partial charge in [0.05, 0.1) is 23.4 Å². The van der Waals surface area contributed by atoms with Crippen molar-refractivity contribution >= 4 is 23.5 Å². The first-order valence-electron chi connectivity index (χ1n) is 11.8. The lowest BCUT2D eigenvalue weighted by Crippen LogP contribution is -2.21. The van der Waals surface area contributed by atoms with E-state index in [0.717, 1.165) is 0 Å². The molecule has 0 aliphatic carbocycles. The van der Waals surface area contributed by atoms with Gasteiger partial charge in [-0.1, -0.05) is 23.9 Å². The molecule has 0 aliphatic rings. The maximum absolute atomic E-state index is 11.1. The van der Waals surface area contributed by atoms with Crippen molar-refractivity contribution in [3.05, 3.63) is 76.7 Å². The number of carboxylic acid groups (broad SMARTS) is 1. The number of hydrogen-bond acceptors (Lipinski definition) is 11. The monoisotopic (exact) mass is 557 g/mol. The highest BCUT2D eigenvalue weighted by Gasteiger charge is 2.22. The minimum atomic E-state index is -1.03. The Morgan fingerprint density at radius 3 is 2.33 bits per heavy atom. The van der Waals surface area contributed by atoms with Crippen LogP contribution in [0.4, 0.5) is 5.82 Å². The number of thioether (sulfide) groups is 1. The predicted octanol–water partition coefficient (Wildman–Crippen LogP) is 3.76. The van der Waals surface area contributed by atoms with Gasteiger partial charge in [0.2, 0.25) is 5.89 Å². The number of nitriles is 2. The van der Waals surface area contributed by atoms with Gasteiger partial charge in [-0.15, -0.1) is 0 Å². The number of aromatic nitrogens is 2. The number of hydrogen-bond donors (Lipinski definition) is 4. The lowest BCUT2D eigenvalue weighted by Gasteiger charge is -2.14. The fourth-order valence-corrected chi connectivity index (χ4v) is 4.73. The molecule has 12 heteroatoms. The maximum Gasteiger partial charge on any atom is 0.335 e. The summed E-state index contributed by atoms with van der Waals surface area (Å²) in [6.07, 6.45) is -1.02. The van der Waals surface area contributed by atoms with Crippen LogP contribution in [0.2, 0.25) is 0 Å². The van der Waals surface area contributed by atoms with Gasteiger partial charge in [0.15, 0.2) is 0 Å². The predicted molar refractivity (Wildman–Crippen MR) is 145 cm³/mol. The Balaban J connectivity index is 1.61. The number of nitrogens with two attached hydrogens (primary N) is 1. The van der Waals surface area contributed by atoms with E-state index in [1.165, 1.54) is 23.9 Å². The number of nitrogens with zero attached hydrogens (tertiary/aromatic N) is 4. The normalized spacial score (nSPS) is 11.4. The fraction of sp³-hybridized carbons (Fsp3) is 0.179. The number of nitrogen functional groups attached to an aromatic ring is 1. The molecule has 11 nitrogen and oxygen atoms in total. The first-order chi connectivity index (χ1) is 19.2. The van der Waals surface area contributed by atoms with E-state index in [2.05, 4.69) is 16.0 Å². The summed E-state index contributed by atoms with van der Waals surface area (Å²) in [6, 6.07) is 16.9. The van der Waals surface area contributed by atoms with E-state index in [1.54, 1.807) is 43.3 Å². The van der Waals surface area contributed by atoms with Crippen LogP contribution in [0.3, 0.4) is 0 Å². The second-order valence-electron chi connectivity index (χ2n) is 8.52. The van der Waals surface area contributed by atoms with Crippen molar-refractivity contribution < 1.29 is 29.3 Å². The average molecular weight is 558 g/mol. The number of aromatic carboxylic acids is 1. The third kappa shape index (κ3) is 6.06. The standard InChI is InChI=1S/C28H23N5O6S/c1-15-23(32-26(39-15)17-2-4-18(5-3-17)28(36)37)14-40-27-22(11-30)24(21(10-29)25(31)33-27)16-6-8-20(9-7-16)38-13-19(35)12-34/h2-9,19,34-35H,12-14H2,1H3,(H2,31,33)(H,36,37)/t19-/m1/s1. The molecule has 0 spiro atoms. The van der Waals surface area contributed by atoms with Crippen LogP contribution in [0.1, 0.15) is 32.9 Å². The van der Waals surface area contributed by atoms with Crippen LogP contribution in [0.15, 0.2) is 58.0 Å². The van der Waals surface area contributed by atoms with Crippen molar-refractivity contribution in [1.82, 2.24) is 9.97 Å². The molecule has 202 valence electrons. The van der Waals surface area contributed by atoms with Gasteiger partial charge in [-0.3, -0.25) is 0 Å². The summed E-state index contributed by atoms with van der Waals surface area (Å²) in [5.41, 5.74) is 8.60. The van der Waals surface area contributed by atoms with Crippen molar-refractivity contribution in [1.29, 1.82) is 10.5 Å². The quantitative estimate of drug-likeness (QED) is 0.206. The molecule has 0 unspecified atom stereocenters. The van der Waals surface area contributed by atoms with E-state index in [-0.39, 0.29) is 34.9 Å². The van der Waals surface area contributed by atoms with Gasteiger partial charge in [0.25, 0.3) is 0 Å². The molecule has 0 fully saturated rings. The topological polar surface area (TPSA) is 200 Å². The van der Waals surface area contributed by atoms with Crippen LogP contribution in [0.5, 0.6) is 5.75 Å². The van der Waals surface area contributed by atoms with Gasteiger partial charge in [-0.25, -0.2) is 14.8 Å². The molecule has 0 saturated carbocycles. The zero-order valence-electron chi connectivity index (χ0n) is 21.2. The number of rotatable bonds is 10. The summed E-state index contributed by atoms with van der Waals surface area (Å²) in [6.45, 7) is 1.22. The number of carbonyl (C=O) groups is 1. The Morgan fingerprint density at radius 2 is 1.73 bits per heavy atom. The van der Waals surface area contributed by atoms with E-state index in [4.69, 9.17) is 25.1 Å². The fourth-order valence-electron chi connectivity index (χ4n) is 3.73. The molecule has 0 bridgehead atoms.